The molecule has 0 unspecified atom stereocenters. The average molecular weight is 330 g/mol. The highest BCUT2D eigenvalue weighted by Gasteiger charge is 2.16. The third kappa shape index (κ3) is 4.25. The molecule has 7 nitrogen and oxygen atoms in total. The second-order valence-electron chi connectivity index (χ2n) is 3.76. The Labute approximate surface area is 117 Å². The van der Waals surface area contributed by atoms with Crippen molar-refractivity contribution in [2.45, 2.75) is 0 Å². The number of primary amides is 2. The first-order chi connectivity index (χ1) is 8.81. The highest BCUT2D eigenvalue weighted by atomic mass is 79.9. The number of nitrogens with two attached hydrogens (primary N) is 2. The second-order valence-corrected chi connectivity index (χ2v) is 4.61. The van der Waals surface area contributed by atoms with E-state index in [2.05, 4.69) is 15.9 Å². The van der Waals surface area contributed by atoms with Gasteiger partial charge in [0, 0.05) is 4.47 Å². The van der Waals surface area contributed by atoms with Gasteiger partial charge in [-0.05, 0) is 34.1 Å². The maximum atomic E-state index is 11.0. The van der Waals surface area contributed by atoms with E-state index < -0.39 is 17.8 Å². The predicted molar refractivity (Wildman–Crippen MR) is 71.7 cm³/mol. The van der Waals surface area contributed by atoms with Crippen molar-refractivity contribution in [2.75, 3.05) is 18.0 Å². The number of nitrogens with zero attached hydrogens (tertiary/aromatic N) is 1. The molecule has 0 aliphatic heterocycles. The monoisotopic (exact) mass is 329 g/mol. The summed E-state index contributed by atoms with van der Waals surface area (Å²) in [4.78, 5) is 34.1. The van der Waals surface area contributed by atoms with Gasteiger partial charge < -0.3 is 21.5 Å². The molecule has 0 saturated carbocycles. The molecule has 0 saturated heterocycles. The van der Waals surface area contributed by atoms with Crippen LogP contribution in [-0.4, -0.2) is 36.0 Å². The first kappa shape index (κ1) is 15.0. The van der Waals surface area contributed by atoms with Gasteiger partial charge in [0.1, 0.15) is 0 Å². The normalized spacial score (nSPS) is 9.95. The number of aromatic carboxylic acids is 1. The van der Waals surface area contributed by atoms with Crippen LogP contribution in [0, 0.1) is 0 Å². The summed E-state index contributed by atoms with van der Waals surface area (Å²) >= 11 is 3.19. The van der Waals surface area contributed by atoms with Crippen LogP contribution in [0.5, 0.6) is 0 Å². The van der Waals surface area contributed by atoms with Crippen LogP contribution in [0.15, 0.2) is 22.7 Å². The Hall–Kier alpha value is -2.09. The number of amides is 2. The van der Waals surface area contributed by atoms with Crippen molar-refractivity contribution >= 4 is 39.4 Å². The van der Waals surface area contributed by atoms with E-state index in [4.69, 9.17) is 16.6 Å². The summed E-state index contributed by atoms with van der Waals surface area (Å²) in [5, 5.41) is 8.85. The van der Waals surface area contributed by atoms with Crippen molar-refractivity contribution in [1.29, 1.82) is 0 Å². The van der Waals surface area contributed by atoms with Gasteiger partial charge in [-0.2, -0.15) is 0 Å². The zero-order valence-corrected chi connectivity index (χ0v) is 11.4. The minimum atomic E-state index is -1.08. The van der Waals surface area contributed by atoms with Gasteiger partial charge in [-0.25, -0.2) is 4.79 Å². The standard InChI is InChI=1S/C11H12BrN3O4/c12-7-3-6(11(18)19)1-2-8(7)15(4-9(13)16)5-10(14)17/h1-3H,4-5H2,(H2,13,16)(H2,14,17)(H,18,19). The second kappa shape index (κ2) is 6.19. The Morgan fingerprint density at radius 1 is 1.16 bits per heavy atom. The Balaban J connectivity index is 3.11. The lowest BCUT2D eigenvalue weighted by atomic mass is 10.2. The van der Waals surface area contributed by atoms with E-state index in [1.165, 1.54) is 23.1 Å². The van der Waals surface area contributed by atoms with Crippen molar-refractivity contribution < 1.29 is 19.5 Å². The molecule has 5 N–H and O–H groups in total. The van der Waals surface area contributed by atoms with E-state index in [1.54, 1.807) is 0 Å². The Morgan fingerprint density at radius 2 is 1.68 bits per heavy atom. The van der Waals surface area contributed by atoms with Crippen LogP contribution in [0.4, 0.5) is 5.69 Å². The molecular formula is C11H12BrN3O4. The zero-order chi connectivity index (χ0) is 14.6. The number of benzene rings is 1. The summed E-state index contributed by atoms with van der Waals surface area (Å²) in [6.07, 6.45) is 0. The minimum absolute atomic E-state index is 0.0775. The molecule has 1 rings (SSSR count). The molecule has 0 fully saturated rings. The molecule has 0 spiro atoms. The lowest BCUT2D eigenvalue weighted by molar-refractivity contribution is -0.117. The fourth-order valence-electron chi connectivity index (χ4n) is 1.50. The fourth-order valence-corrected chi connectivity index (χ4v) is 2.13. The molecule has 0 bridgehead atoms. The van der Waals surface area contributed by atoms with E-state index in [1.807, 2.05) is 0 Å². The van der Waals surface area contributed by atoms with Crippen molar-refractivity contribution in [3.05, 3.63) is 28.2 Å². The minimum Gasteiger partial charge on any atom is -0.478 e. The molecule has 0 aromatic heterocycles. The Kier molecular flexibility index (Phi) is 4.87. The molecule has 2 amide bonds. The third-order valence-electron chi connectivity index (χ3n) is 2.23. The van der Waals surface area contributed by atoms with Crippen molar-refractivity contribution in [1.82, 2.24) is 0 Å². The molecule has 0 heterocycles. The maximum absolute atomic E-state index is 11.0. The highest BCUT2D eigenvalue weighted by molar-refractivity contribution is 9.10. The van der Waals surface area contributed by atoms with E-state index in [-0.39, 0.29) is 18.7 Å². The van der Waals surface area contributed by atoms with Gasteiger partial charge in [-0.15, -0.1) is 0 Å². The van der Waals surface area contributed by atoms with E-state index in [9.17, 15) is 14.4 Å². The van der Waals surface area contributed by atoms with Gasteiger partial charge in [-0.1, -0.05) is 0 Å². The summed E-state index contributed by atoms with van der Waals surface area (Å²) in [6.45, 7) is -0.401. The number of anilines is 1. The fraction of sp³-hybridized carbons (Fsp3) is 0.182. The van der Waals surface area contributed by atoms with Crippen molar-refractivity contribution in [3.8, 4) is 0 Å². The number of hydrogen-bond donors (Lipinski definition) is 3. The number of carbonyl (C=O) groups excluding carboxylic acids is 2. The number of halogens is 1. The van der Waals surface area contributed by atoms with Gasteiger partial charge in [-0.3, -0.25) is 9.59 Å². The summed E-state index contributed by atoms with van der Waals surface area (Å²) in [5.41, 5.74) is 10.7. The molecule has 1 aromatic rings. The maximum Gasteiger partial charge on any atom is 0.335 e. The zero-order valence-electron chi connectivity index (χ0n) is 9.80. The molecule has 0 aliphatic carbocycles. The SMILES string of the molecule is NC(=O)CN(CC(N)=O)c1ccc(C(=O)O)cc1Br. The van der Waals surface area contributed by atoms with Crippen LogP contribution in [-0.2, 0) is 9.59 Å². The van der Waals surface area contributed by atoms with Crippen LogP contribution < -0.4 is 16.4 Å². The molecule has 0 aliphatic rings. The van der Waals surface area contributed by atoms with Gasteiger partial charge in [0.2, 0.25) is 11.8 Å². The topological polar surface area (TPSA) is 127 Å². The lowest BCUT2D eigenvalue weighted by Crippen LogP contribution is -2.39. The van der Waals surface area contributed by atoms with Gasteiger partial charge in [0.05, 0.1) is 24.3 Å². The Morgan fingerprint density at radius 3 is 2.05 bits per heavy atom. The number of hydrogen-bond acceptors (Lipinski definition) is 4. The molecule has 0 radical (unpaired) electrons. The molecule has 0 atom stereocenters. The first-order valence-electron chi connectivity index (χ1n) is 5.15. The van der Waals surface area contributed by atoms with Crippen LogP contribution in [0.1, 0.15) is 10.4 Å². The van der Waals surface area contributed by atoms with Gasteiger partial charge in [0.25, 0.3) is 0 Å². The largest absolute Gasteiger partial charge is 0.478 e. The lowest BCUT2D eigenvalue weighted by Gasteiger charge is -2.23. The number of carboxylic acids is 1. The van der Waals surface area contributed by atoms with E-state index >= 15 is 0 Å². The summed E-state index contributed by atoms with van der Waals surface area (Å²) in [6, 6.07) is 4.20. The first-order valence-corrected chi connectivity index (χ1v) is 5.95. The molecule has 102 valence electrons. The summed E-state index contributed by atoms with van der Waals surface area (Å²) in [5.74, 6) is -2.34. The molecule has 19 heavy (non-hydrogen) atoms. The Bertz CT molecular complexity index is 517. The average Bonchev–Trinajstić information content (AvgIpc) is 2.26. The number of carboxylic acid groups (broad SMARTS) is 1. The van der Waals surface area contributed by atoms with E-state index in [0.717, 1.165) is 0 Å². The van der Waals surface area contributed by atoms with Gasteiger partial charge in [0.15, 0.2) is 0 Å². The van der Waals surface area contributed by atoms with Crippen LogP contribution in [0.25, 0.3) is 0 Å². The van der Waals surface area contributed by atoms with Crippen LogP contribution in [0.3, 0.4) is 0 Å². The van der Waals surface area contributed by atoms with E-state index in [0.29, 0.717) is 10.2 Å². The van der Waals surface area contributed by atoms with Gasteiger partial charge >= 0.3 is 5.97 Å². The predicted octanol–water partition coefficient (Wildman–Crippen LogP) is -0.0757. The molecular weight excluding hydrogens is 318 g/mol. The molecule has 1 aromatic carbocycles. The number of carbonyl (C=O) groups is 3. The summed E-state index contributed by atoms with van der Waals surface area (Å²) in [7, 11) is 0. The van der Waals surface area contributed by atoms with Crippen LogP contribution in [0.2, 0.25) is 0 Å². The molecule has 8 heteroatoms. The third-order valence-corrected chi connectivity index (χ3v) is 2.86. The highest BCUT2D eigenvalue weighted by Crippen LogP contribution is 2.27. The smallest absolute Gasteiger partial charge is 0.335 e. The quantitative estimate of drug-likeness (QED) is 0.673. The van der Waals surface area contributed by atoms with Crippen LogP contribution >= 0.6 is 15.9 Å². The number of rotatable bonds is 6. The summed E-state index contributed by atoms with van der Waals surface area (Å²) < 4.78 is 0.426. The van der Waals surface area contributed by atoms with Crippen molar-refractivity contribution in [2.24, 2.45) is 11.5 Å². The van der Waals surface area contributed by atoms with Crippen molar-refractivity contribution in [3.63, 3.8) is 0 Å².